The van der Waals surface area contributed by atoms with Gasteiger partial charge in [0.1, 0.15) is 0 Å². The highest BCUT2D eigenvalue weighted by molar-refractivity contribution is 4.86. The lowest BCUT2D eigenvalue weighted by atomic mass is 10.0. The van der Waals surface area contributed by atoms with E-state index in [1.54, 1.807) is 0 Å². The van der Waals surface area contributed by atoms with Gasteiger partial charge in [-0.15, -0.1) is 0 Å². The number of hydrogen-bond acceptors (Lipinski definition) is 4. The molecule has 0 saturated carbocycles. The molecule has 2 aliphatic rings. The summed E-state index contributed by atoms with van der Waals surface area (Å²) in [6.07, 6.45) is 3.79. The van der Waals surface area contributed by atoms with E-state index in [1.807, 2.05) is 0 Å². The largest absolute Gasteiger partial charge is 0.380 e. The number of nitrogens with zero attached hydrogens (tertiary/aromatic N) is 1. The molecule has 0 aliphatic carbocycles. The van der Waals surface area contributed by atoms with Gasteiger partial charge in [0.15, 0.2) is 0 Å². The van der Waals surface area contributed by atoms with Crippen LogP contribution in [0.5, 0.6) is 0 Å². The van der Waals surface area contributed by atoms with Crippen LogP contribution in [0.3, 0.4) is 0 Å². The predicted molar refractivity (Wildman–Crippen MR) is 63.4 cm³/mol. The Labute approximate surface area is 98.1 Å². The molecule has 2 fully saturated rings. The maximum Gasteiger partial charge on any atom is 0.0702 e. The van der Waals surface area contributed by atoms with Crippen molar-refractivity contribution in [2.45, 2.75) is 44.4 Å². The van der Waals surface area contributed by atoms with Crippen LogP contribution in [0.15, 0.2) is 0 Å². The van der Waals surface area contributed by atoms with Gasteiger partial charge in [0, 0.05) is 31.8 Å². The molecule has 0 radical (unpaired) electrons. The Morgan fingerprint density at radius 2 is 2.19 bits per heavy atom. The molecule has 2 N–H and O–H groups in total. The van der Waals surface area contributed by atoms with Crippen molar-refractivity contribution < 1.29 is 9.47 Å². The molecule has 4 nitrogen and oxygen atoms in total. The number of nitrogens with two attached hydrogens (primary N) is 1. The SMILES string of the molecule is CCN(CC1CCCO1)C1COCCC1N. The maximum atomic E-state index is 6.17. The first kappa shape index (κ1) is 12.3. The zero-order chi connectivity index (χ0) is 11.4. The third-order valence-corrected chi connectivity index (χ3v) is 3.72. The van der Waals surface area contributed by atoms with Crippen molar-refractivity contribution >= 4 is 0 Å². The Bertz CT molecular complexity index is 207. The standard InChI is InChI=1S/C12H24N2O2/c1-2-14(8-10-4-3-6-16-10)12-9-15-7-5-11(12)13/h10-12H,2-9,13H2,1H3. The second kappa shape index (κ2) is 5.96. The average molecular weight is 228 g/mol. The van der Waals surface area contributed by atoms with Gasteiger partial charge in [-0.1, -0.05) is 6.92 Å². The lowest BCUT2D eigenvalue weighted by Gasteiger charge is -2.38. The van der Waals surface area contributed by atoms with E-state index in [1.165, 1.54) is 12.8 Å². The summed E-state index contributed by atoms with van der Waals surface area (Å²) >= 11 is 0. The molecular formula is C12H24N2O2. The average Bonchev–Trinajstić information content (AvgIpc) is 2.80. The fraction of sp³-hybridized carbons (Fsp3) is 1.00. The summed E-state index contributed by atoms with van der Waals surface area (Å²) in [5.74, 6) is 0. The van der Waals surface area contributed by atoms with Gasteiger partial charge in [0.25, 0.3) is 0 Å². The lowest BCUT2D eigenvalue weighted by molar-refractivity contribution is -0.0132. The molecule has 0 aromatic carbocycles. The quantitative estimate of drug-likeness (QED) is 0.765. The second-order valence-corrected chi connectivity index (χ2v) is 4.82. The minimum Gasteiger partial charge on any atom is -0.380 e. The van der Waals surface area contributed by atoms with E-state index in [-0.39, 0.29) is 6.04 Å². The van der Waals surface area contributed by atoms with Gasteiger partial charge in [-0.05, 0) is 25.8 Å². The van der Waals surface area contributed by atoms with Crippen molar-refractivity contribution in [3.63, 3.8) is 0 Å². The molecule has 16 heavy (non-hydrogen) atoms. The van der Waals surface area contributed by atoms with Crippen molar-refractivity contribution in [2.75, 3.05) is 32.9 Å². The Morgan fingerprint density at radius 1 is 1.31 bits per heavy atom. The van der Waals surface area contributed by atoms with E-state index in [4.69, 9.17) is 15.2 Å². The van der Waals surface area contributed by atoms with Crippen LogP contribution < -0.4 is 5.73 Å². The van der Waals surface area contributed by atoms with Crippen LogP contribution in [0, 0.1) is 0 Å². The van der Waals surface area contributed by atoms with Crippen LogP contribution in [0.4, 0.5) is 0 Å². The molecule has 3 atom stereocenters. The molecular weight excluding hydrogens is 204 g/mol. The first-order valence-electron chi connectivity index (χ1n) is 6.50. The minimum absolute atomic E-state index is 0.259. The maximum absolute atomic E-state index is 6.17. The van der Waals surface area contributed by atoms with E-state index in [0.29, 0.717) is 12.1 Å². The van der Waals surface area contributed by atoms with Crippen LogP contribution >= 0.6 is 0 Å². The van der Waals surface area contributed by atoms with Gasteiger partial charge < -0.3 is 15.2 Å². The highest BCUT2D eigenvalue weighted by Gasteiger charge is 2.29. The van der Waals surface area contributed by atoms with Crippen molar-refractivity contribution in [2.24, 2.45) is 5.73 Å². The van der Waals surface area contributed by atoms with Gasteiger partial charge in [0.2, 0.25) is 0 Å². The molecule has 0 aromatic rings. The first-order chi connectivity index (χ1) is 7.81. The summed E-state index contributed by atoms with van der Waals surface area (Å²) < 4.78 is 11.2. The molecule has 94 valence electrons. The Hall–Kier alpha value is -0.160. The molecule has 2 aliphatic heterocycles. The highest BCUT2D eigenvalue weighted by atomic mass is 16.5. The summed E-state index contributed by atoms with van der Waals surface area (Å²) in [5, 5.41) is 0. The molecule has 0 amide bonds. The Kier molecular flexibility index (Phi) is 4.58. The fourth-order valence-corrected chi connectivity index (χ4v) is 2.66. The van der Waals surface area contributed by atoms with Gasteiger partial charge in [-0.3, -0.25) is 4.90 Å². The molecule has 2 saturated heterocycles. The van der Waals surface area contributed by atoms with Crippen LogP contribution in [0.2, 0.25) is 0 Å². The Balaban J connectivity index is 1.86. The topological polar surface area (TPSA) is 47.7 Å². The number of rotatable bonds is 4. The lowest BCUT2D eigenvalue weighted by Crippen LogP contribution is -2.55. The van der Waals surface area contributed by atoms with Gasteiger partial charge >= 0.3 is 0 Å². The Morgan fingerprint density at radius 3 is 2.81 bits per heavy atom. The van der Waals surface area contributed by atoms with Crippen molar-refractivity contribution in [1.82, 2.24) is 4.90 Å². The summed E-state index contributed by atoms with van der Waals surface area (Å²) in [5.41, 5.74) is 6.17. The normalized spacial score (nSPS) is 35.8. The van der Waals surface area contributed by atoms with Gasteiger partial charge in [-0.2, -0.15) is 0 Å². The third kappa shape index (κ3) is 2.94. The zero-order valence-electron chi connectivity index (χ0n) is 10.2. The zero-order valence-corrected chi connectivity index (χ0v) is 10.2. The molecule has 3 unspecified atom stereocenters. The van der Waals surface area contributed by atoms with Crippen LogP contribution in [0.25, 0.3) is 0 Å². The molecule has 0 spiro atoms. The molecule has 2 rings (SSSR count). The summed E-state index contributed by atoms with van der Waals surface area (Å²) in [7, 11) is 0. The van der Waals surface area contributed by atoms with E-state index < -0.39 is 0 Å². The van der Waals surface area contributed by atoms with Crippen molar-refractivity contribution in [1.29, 1.82) is 0 Å². The first-order valence-corrected chi connectivity index (χ1v) is 6.50. The van der Waals surface area contributed by atoms with E-state index in [2.05, 4.69) is 11.8 Å². The predicted octanol–water partition coefficient (Wildman–Crippen LogP) is 0.604. The van der Waals surface area contributed by atoms with E-state index >= 15 is 0 Å². The smallest absolute Gasteiger partial charge is 0.0702 e. The third-order valence-electron chi connectivity index (χ3n) is 3.72. The minimum atomic E-state index is 0.259. The van der Waals surface area contributed by atoms with E-state index in [0.717, 1.165) is 39.3 Å². The van der Waals surface area contributed by atoms with Crippen molar-refractivity contribution in [3.8, 4) is 0 Å². The van der Waals surface area contributed by atoms with Crippen LogP contribution in [0.1, 0.15) is 26.2 Å². The second-order valence-electron chi connectivity index (χ2n) is 4.82. The highest BCUT2D eigenvalue weighted by Crippen LogP contribution is 2.18. The monoisotopic (exact) mass is 228 g/mol. The molecule has 2 heterocycles. The summed E-state index contributed by atoms with van der Waals surface area (Å²) in [4.78, 5) is 2.43. The molecule has 4 heteroatoms. The van der Waals surface area contributed by atoms with Crippen molar-refractivity contribution in [3.05, 3.63) is 0 Å². The molecule has 0 bridgehead atoms. The van der Waals surface area contributed by atoms with E-state index in [9.17, 15) is 0 Å². The number of ether oxygens (including phenoxy) is 2. The fourth-order valence-electron chi connectivity index (χ4n) is 2.66. The summed E-state index contributed by atoms with van der Waals surface area (Å²) in [6.45, 7) is 6.75. The van der Waals surface area contributed by atoms with Gasteiger partial charge in [0.05, 0.1) is 12.7 Å². The van der Waals surface area contributed by atoms with Gasteiger partial charge in [-0.25, -0.2) is 0 Å². The molecule has 0 aromatic heterocycles. The number of likely N-dealkylation sites (N-methyl/N-ethyl adjacent to an activating group) is 1. The summed E-state index contributed by atoms with van der Waals surface area (Å²) in [6, 6.07) is 0.637. The van der Waals surface area contributed by atoms with Crippen LogP contribution in [-0.2, 0) is 9.47 Å². The van der Waals surface area contributed by atoms with Crippen LogP contribution in [-0.4, -0.2) is 56.0 Å². The number of hydrogen-bond donors (Lipinski definition) is 1.